The number of hydrogen-bond donors (Lipinski definition) is 3. The lowest BCUT2D eigenvalue weighted by Crippen LogP contribution is -2.43. The quantitative estimate of drug-likeness (QED) is 0.697. The molecule has 0 aliphatic heterocycles. The molecule has 104 valence electrons. The fraction of sp³-hybridized carbons (Fsp3) is 1.00. The molecule has 7 heteroatoms. The molecule has 1 aliphatic rings. The van der Waals surface area contributed by atoms with E-state index in [0.717, 1.165) is 25.7 Å². The SMILES string of the molecule is CC(C)NS(=O)(=O)NCC1CCCC(N)C1.Cl. The Balaban J connectivity index is 0.00000256. The molecule has 0 heterocycles. The molecule has 0 radical (unpaired) electrons. The van der Waals surface area contributed by atoms with Crippen molar-refractivity contribution in [3.05, 3.63) is 0 Å². The van der Waals surface area contributed by atoms with Crippen molar-refractivity contribution in [1.82, 2.24) is 9.44 Å². The summed E-state index contributed by atoms with van der Waals surface area (Å²) in [6.45, 7) is 4.10. The molecular weight excluding hydrogens is 262 g/mol. The molecular formula is C10H24ClN3O2S. The molecule has 2 unspecified atom stereocenters. The molecule has 0 aromatic carbocycles. The minimum atomic E-state index is -3.34. The first-order valence-corrected chi connectivity index (χ1v) is 7.40. The lowest BCUT2D eigenvalue weighted by atomic mass is 9.86. The van der Waals surface area contributed by atoms with Crippen LogP contribution in [-0.4, -0.2) is 27.0 Å². The summed E-state index contributed by atoms with van der Waals surface area (Å²) in [5.74, 6) is 0.382. The Bertz CT molecular complexity index is 309. The third-order valence-electron chi connectivity index (χ3n) is 2.78. The van der Waals surface area contributed by atoms with Crippen molar-refractivity contribution >= 4 is 22.6 Å². The molecule has 0 bridgehead atoms. The Morgan fingerprint density at radius 3 is 2.53 bits per heavy atom. The van der Waals surface area contributed by atoms with Gasteiger partial charge < -0.3 is 5.73 Å². The van der Waals surface area contributed by atoms with Crippen molar-refractivity contribution < 1.29 is 8.42 Å². The van der Waals surface area contributed by atoms with Gasteiger partial charge in [-0.25, -0.2) is 4.72 Å². The predicted molar refractivity (Wildman–Crippen MR) is 72.4 cm³/mol. The van der Waals surface area contributed by atoms with Crippen LogP contribution >= 0.6 is 12.4 Å². The average molecular weight is 286 g/mol. The Hall–Kier alpha value is 0.120. The highest BCUT2D eigenvalue weighted by Crippen LogP contribution is 2.22. The van der Waals surface area contributed by atoms with E-state index in [4.69, 9.17) is 5.73 Å². The molecule has 5 nitrogen and oxygen atoms in total. The second-order valence-electron chi connectivity index (χ2n) is 4.92. The van der Waals surface area contributed by atoms with Crippen molar-refractivity contribution in [2.45, 2.75) is 51.6 Å². The zero-order valence-electron chi connectivity index (χ0n) is 10.5. The van der Waals surface area contributed by atoms with E-state index in [1.807, 2.05) is 0 Å². The topological polar surface area (TPSA) is 84.2 Å². The van der Waals surface area contributed by atoms with E-state index < -0.39 is 10.2 Å². The molecule has 1 rings (SSSR count). The van der Waals surface area contributed by atoms with Gasteiger partial charge in [-0.1, -0.05) is 6.42 Å². The molecule has 1 fully saturated rings. The second-order valence-corrected chi connectivity index (χ2v) is 6.45. The molecule has 0 aromatic heterocycles. The minimum Gasteiger partial charge on any atom is -0.328 e. The number of hydrogen-bond acceptors (Lipinski definition) is 3. The van der Waals surface area contributed by atoms with Crippen molar-refractivity contribution in [1.29, 1.82) is 0 Å². The van der Waals surface area contributed by atoms with Gasteiger partial charge in [0.05, 0.1) is 0 Å². The van der Waals surface area contributed by atoms with E-state index in [1.54, 1.807) is 13.8 Å². The van der Waals surface area contributed by atoms with Gasteiger partial charge in [0.2, 0.25) is 0 Å². The van der Waals surface area contributed by atoms with Crippen LogP contribution in [0.15, 0.2) is 0 Å². The first-order chi connectivity index (χ1) is 7.39. The Kier molecular flexibility index (Phi) is 7.58. The number of halogens is 1. The van der Waals surface area contributed by atoms with Gasteiger partial charge in [-0.05, 0) is 39.0 Å². The Morgan fingerprint density at radius 2 is 2.00 bits per heavy atom. The highest BCUT2D eigenvalue weighted by molar-refractivity contribution is 7.87. The third kappa shape index (κ3) is 7.21. The largest absolute Gasteiger partial charge is 0.328 e. The van der Waals surface area contributed by atoms with E-state index in [2.05, 4.69) is 9.44 Å². The van der Waals surface area contributed by atoms with E-state index in [-0.39, 0.29) is 24.5 Å². The van der Waals surface area contributed by atoms with Crippen LogP contribution < -0.4 is 15.2 Å². The maximum absolute atomic E-state index is 11.5. The average Bonchev–Trinajstić information content (AvgIpc) is 2.13. The molecule has 1 aliphatic carbocycles. The van der Waals surface area contributed by atoms with Gasteiger partial charge in [0.25, 0.3) is 10.2 Å². The predicted octanol–water partition coefficient (Wildman–Crippen LogP) is 0.758. The highest BCUT2D eigenvalue weighted by atomic mass is 35.5. The second kappa shape index (κ2) is 7.53. The summed E-state index contributed by atoms with van der Waals surface area (Å²) in [4.78, 5) is 0. The number of rotatable bonds is 5. The third-order valence-corrected chi connectivity index (χ3v) is 4.10. The van der Waals surface area contributed by atoms with Crippen molar-refractivity contribution in [2.75, 3.05) is 6.54 Å². The Morgan fingerprint density at radius 1 is 1.35 bits per heavy atom. The maximum Gasteiger partial charge on any atom is 0.277 e. The smallest absolute Gasteiger partial charge is 0.277 e. The zero-order valence-corrected chi connectivity index (χ0v) is 12.1. The molecule has 17 heavy (non-hydrogen) atoms. The van der Waals surface area contributed by atoms with Crippen molar-refractivity contribution in [3.8, 4) is 0 Å². The van der Waals surface area contributed by atoms with Crippen LogP contribution in [-0.2, 0) is 10.2 Å². The molecule has 2 atom stereocenters. The van der Waals surface area contributed by atoms with Crippen molar-refractivity contribution in [3.63, 3.8) is 0 Å². The maximum atomic E-state index is 11.5. The summed E-state index contributed by atoms with van der Waals surface area (Å²) in [6, 6.07) is 0.160. The highest BCUT2D eigenvalue weighted by Gasteiger charge is 2.21. The summed E-state index contributed by atoms with van der Waals surface area (Å²) >= 11 is 0. The van der Waals surface area contributed by atoms with Crippen LogP contribution in [0.3, 0.4) is 0 Å². The van der Waals surface area contributed by atoms with Gasteiger partial charge in [-0.2, -0.15) is 13.1 Å². The van der Waals surface area contributed by atoms with E-state index in [0.29, 0.717) is 12.5 Å². The first-order valence-electron chi connectivity index (χ1n) is 5.91. The van der Waals surface area contributed by atoms with Gasteiger partial charge in [0.15, 0.2) is 0 Å². The van der Waals surface area contributed by atoms with Crippen molar-refractivity contribution in [2.24, 2.45) is 11.7 Å². The van der Waals surface area contributed by atoms with Gasteiger partial charge in [0, 0.05) is 18.6 Å². The summed E-state index contributed by atoms with van der Waals surface area (Å²) in [5, 5.41) is 0. The van der Waals surface area contributed by atoms with Gasteiger partial charge in [-0.15, -0.1) is 12.4 Å². The summed E-state index contributed by atoms with van der Waals surface area (Å²) in [6.07, 6.45) is 4.15. The summed E-state index contributed by atoms with van der Waals surface area (Å²) in [5.41, 5.74) is 5.85. The molecule has 0 spiro atoms. The molecule has 1 saturated carbocycles. The van der Waals surface area contributed by atoms with Crippen LogP contribution in [0.4, 0.5) is 0 Å². The fourth-order valence-electron chi connectivity index (χ4n) is 2.10. The lowest BCUT2D eigenvalue weighted by molar-refractivity contribution is 0.321. The fourth-order valence-corrected chi connectivity index (χ4v) is 3.26. The number of nitrogens with one attached hydrogen (secondary N) is 2. The Labute approximate surface area is 111 Å². The van der Waals surface area contributed by atoms with Crippen LogP contribution in [0.25, 0.3) is 0 Å². The minimum absolute atomic E-state index is 0. The first kappa shape index (κ1) is 17.1. The van der Waals surface area contributed by atoms with Crippen LogP contribution in [0.2, 0.25) is 0 Å². The van der Waals surface area contributed by atoms with E-state index in [1.165, 1.54) is 0 Å². The monoisotopic (exact) mass is 285 g/mol. The summed E-state index contributed by atoms with van der Waals surface area (Å²) in [7, 11) is -3.34. The van der Waals surface area contributed by atoms with Crippen LogP contribution in [0, 0.1) is 5.92 Å². The molecule has 4 N–H and O–H groups in total. The van der Waals surface area contributed by atoms with Gasteiger partial charge in [-0.3, -0.25) is 0 Å². The van der Waals surface area contributed by atoms with E-state index >= 15 is 0 Å². The van der Waals surface area contributed by atoms with Crippen LogP contribution in [0.1, 0.15) is 39.5 Å². The normalized spacial score (nSPS) is 25.6. The molecule has 0 saturated heterocycles. The summed E-state index contributed by atoms with van der Waals surface area (Å²) < 4.78 is 28.1. The van der Waals surface area contributed by atoms with Crippen LogP contribution in [0.5, 0.6) is 0 Å². The molecule has 0 amide bonds. The molecule has 0 aromatic rings. The standard InChI is InChI=1S/C10H23N3O2S.ClH/c1-8(2)13-16(14,15)12-7-9-4-3-5-10(11)6-9;/h8-10,12-13H,3-7,11H2,1-2H3;1H. The van der Waals surface area contributed by atoms with Gasteiger partial charge >= 0.3 is 0 Å². The van der Waals surface area contributed by atoms with Gasteiger partial charge in [0.1, 0.15) is 0 Å². The van der Waals surface area contributed by atoms with E-state index in [9.17, 15) is 8.42 Å². The number of nitrogens with two attached hydrogens (primary N) is 1. The zero-order chi connectivity index (χ0) is 12.2. The lowest BCUT2D eigenvalue weighted by Gasteiger charge is -2.26.